The first-order chi connectivity index (χ1) is 8.56. The van der Waals surface area contributed by atoms with Crippen molar-refractivity contribution in [3.63, 3.8) is 0 Å². The average molecular weight is 250 g/mol. The van der Waals surface area contributed by atoms with Crippen LogP contribution >= 0.6 is 0 Å². The molecule has 1 aromatic rings. The van der Waals surface area contributed by atoms with Gasteiger partial charge in [-0.2, -0.15) is 0 Å². The molecule has 0 saturated carbocycles. The fraction of sp³-hybridized carbons (Fsp3) is 0.600. The van der Waals surface area contributed by atoms with E-state index >= 15 is 0 Å². The highest BCUT2D eigenvalue weighted by Crippen LogP contribution is 2.17. The minimum Gasteiger partial charge on any atom is -0.378 e. The maximum absolute atomic E-state index is 10.1. The standard InChI is InChI=1S/C15H26N2O/c1-4-11(2)14(16)10-17-15(18)12(3)13-8-6-5-7-9-13/h5-9,11-12,14-15,17-18H,4,10,16H2,1-3H3. The molecule has 0 heterocycles. The summed E-state index contributed by atoms with van der Waals surface area (Å²) >= 11 is 0. The van der Waals surface area contributed by atoms with Crippen LogP contribution in [0.1, 0.15) is 38.7 Å². The van der Waals surface area contributed by atoms with Crippen LogP contribution in [-0.4, -0.2) is 23.9 Å². The molecule has 4 atom stereocenters. The van der Waals surface area contributed by atoms with E-state index in [9.17, 15) is 5.11 Å². The summed E-state index contributed by atoms with van der Waals surface area (Å²) in [5.41, 5.74) is 7.18. The molecule has 102 valence electrons. The second kappa shape index (κ2) is 7.52. The van der Waals surface area contributed by atoms with Gasteiger partial charge in [-0.25, -0.2) is 0 Å². The molecule has 4 unspecified atom stereocenters. The summed E-state index contributed by atoms with van der Waals surface area (Å²) in [6.07, 6.45) is 0.509. The van der Waals surface area contributed by atoms with Crippen molar-refractivity contribution in [2.45, 2.75) is 45.4 Å². The highest BCUT2D eigenvalue weighted by atomic mass is 16.3. The molecule has 0 bridgehead atoms. The number of nitrogens with two attached hydrogens (primary N) is 1. The van der Waals surface area contributed by atoms with Gasteiger partial charge in [-0.3, -0.25) is 5.32 Å². The summed E-state index contributed by atoms with van der Waals surface area (Å²) in [4.78, 5) is 0. The van der Waals surface area contributed by atoms with Gasteiger partial charge in [-0.15, -0.1) is 0 Å². The molecule has 3 nitrogen and oxygen atoms in total. The van der Waals surface area contributed by atoms with Gasteiger partial charge in [0.2, 0.25) is 0 Å². The van der Waals surface area contributed by atoms with Gasteiger partial charge in [-0.05, 0) is 11.5 Å². The van der Waals surface area contributed by atoms with Crippen LogP contribution < -0.4 is 11.1 Å². The normalized spacial score (nSPS) is 18.1. The Morgan fingerprint density at radius 2 is 1.83 bits per heavy atom. The van der Waals surface area contributed by atoms with Crippen LogP contribution in [0.25, 0.3) is 0 Å². The molecule has 1 rings (SSSR count). The molecule has 0 spiro atoms. The van der Waals surface area contributed by atoms with E-state index in [-0.39, 0.29) is 12.0 Å². The first-order valence-corrected chi connectivity index (χ1v) is 6.78. The van der Waals surface area contributed by atoms with Gasteiger partial charge in [0.15, 0.2) is 0 Å². The maximum atomic E-state index is 10.1. The summed E-state index contributed by atoms with van der Waals surface area (Å²) in [5, 5.41) is 13.2. The molecule has 1 aromatic carbocycles. The smallest absolute Gasteiger partial charge is 0.111 e. The highest BCUT2D eigenvalue weighted by molar-refractivity contribution is 5.19. The molecule has 0 saturated heterocycles. The van der Waals surface area contributed by atoms with Crippen LogP contribution in [-0.2, 0) is 0 Å². The van der Waals surface area contributed by atoms with Crippen molar-refractivity contribution in [2.75, 3.05) is 6.54 Å². The highest BCUT2D eigenvalue weighted by Gasteiger charge is 2.17. The van der Waals surface area contributed by atoms with Gasteiger partial charge in [0.05, 0.1) is 0 Å². The van der Waals surface area contributed by atoms with Crippen LogP contribution in [0.3, 0.4) is 0 Å². The lowest BCUT2D eigenvalue weighted by Gasteiger charge is -2.24. The second-order valence-electron chi connectivity index (χ2n) is 5.10. The fourth-order valence-corrected chi connectivity index (χ4v) is 1.88. The van der Waals surface area contributed by atoms with Crippen molar-refractivity contribution < 1.29 is 5.11 Å². The first-order valence-electron chi connectivity index (χ1n) is 6.78. The van der Waals surface area contributed by atoms with E-state index in [0.29, 0.717) is 12.5 Å². The predicted molar refractivity (Wildman–Crippen MR) is 76.3 cm³/mol. The zero-order chi connectivity index (χ0) is 13.5. The third kappa shape index (κ3) is 4.41. The Labute approximate surface area is 110 Å². The number of aliphatic hydroxyl groups is 1. The Morgan fingerprint density at radius 1 is 1.22 bits per heavy atom. The molecule has 18 heavy (non-hydrogen) atoms. The zero-order valence-corrected chi connectivity index (χ0v) is 11.6. The van der Waals surface area contributed by atoms with Crippen molar-refractivity contribution in [3.8, 4) is 0 Å². The summed E-state index contributed by atoms with van der Waals surface area (Å²) in [6, 6.07) is 10.1. The largest absolute Gasteiger partial charge is 0.378 e. The van der Waals surface area contributed by atoms with Crippen LogP contribution in [0.4, 0.5) is 0 Å². The van der Waals surface area contributed by atoms with Crippen molar-refractivity contribution in [1.29, 1.82) is 0 Å². The molecule has 0 aliphatic heterocycles. The lowest BCUT2D eigenvalue weighted by Crippen LogP contribution is -2.44. The van der Waals surface area contributed by atoms with E-state index < -0.39 is 6.23 Å². The number of hydrogen-bond donors (Lipinski definition) is 3. The van der Waals surface area contributed by atoms with E-state index in [1.54, 1.807) is 0 Å². The Bertz CT molecular complexity index is 329. The molecule has 0 fully saturated rings. The molecular formula is C15H26N2O. The topological polar surface area (TPSA) is 58.3 Å². The van der Waals surface area contributed by atoms with Gasteiger partial charge >= 0.3 is 0 Å². The third-order valence-electron chi connectivity index (χ3n) is 3.74. The van der Waals surface area contributed by atoms with E-state index in [2.05, 4.69) is 19.2 Å². The van der Waals surface area contributed by atoms with Gasteiger partial charge in [0, 0.05) is 18.5 Å². The second-order valence-corrected chi connectivity index (χ2v) is 5.10. The van der Waals surface area contributed by atoms with Gasteiger partial charge in [0.1, 0.15) is 6.23 Å². The SMILES string of the molecule is CCC(C)C(N)CNC(O)C(C)c1ccccc1. The van der Waals surface area contributed by atoms with Crippen LogP contribution in [0.2, 0.25) is 0 Å². The summed E-state index contributed by atoms with van der Waals surface area (Å²) in [6.45, 7) is 6.93. The summed E-state index contributed by atoms with van der Waals surface area (Å²) in [5.74, 6) is 0.534. The Balaban J connectivity index is 2.43. The molecule has 0 aromatic heterocycles. The number of rotatable bonds is 7. The zero-order valence-electron chi connectivity index (χ0n) is 11.6. The number of aliphatic hydroxyl groups excluding tert-OH is 1. The van der Waals surface area contributed by atoms with Crippen molar-refractivity contribution >= 4 is 0 Å². The molecule has 4 N–H and O–H groups in total. The van der Waals surface area contributed by atoms with E-state index in [0.717, 1.165) is 12.0 Å². The minimum absolute atomic E-state index is 0.0651. The maximum Gasteiger partial charge on any atom is 0.111 e. The van der Waals surface area contributed by atoms with Crippen LogP contribution in [0.15, 0.2) is 30.3 Å². The molecule has 0 aliphatic rings. The third-order valence-corrected chi connectivity index (χ3v) is 3.74. The van der Waals surface area contributed by atoms with E-state index in [4.69, 9.17) is 5.73 Å². The lowest BCUT2D eigenvalue weighted by molar-refractivity contribution is 0.109. The molecule has 0 radical (unpaired) electrons. The molecule has 0 amide bonds. The van der Waals surface area contributed by atoms with E-state index in [1.165, 1.54) is 0 Å². The van der Waals surface area contributed by atoms with Gasteiger partial charge in [0.25, 0.3) is 0 Å². The monoisotopic (exact) mass is 250 g/mol. The molecule has 0 aliphatic carbocycles. The van der Waals surface area contributed by atoms with E-state index in [1.807, 2.05) is 37.3 Å². The van der Waals surface area contributed by atoms with Crippen LogP contribution in [0, 0.1) is 5.92 Å². The average Bonchev–Trinajstić information content (AvgIpc) is 2.43. The lowest BCUT2D eigenvalue weighted by atomic mass is 9.97. The number of benzene rings is 1. The summed E-state index contributed by atoms with van der Waals surface area (Å²) in [7, 11) is 0. The predicted octanol–water partition coefficient (Wildman–Crippen LogP) is 2.07. The van der Waals surface area contributed by atoms with Crippen molar-refractivity contribution in [3.05, 3.63) is 35.9 Å². The van der Waals surface area contributed by atoms with Gasteiger partial charge in [-0.1, -0.05) is 57.5 Å². The van der Waals surface area contributed by atoms with Crippen molar-refractivity contribution in [1.82, 2.24) is 5.32 Å². The fourth-order valence-electron chi connectivity index (χ4n) is 1.88. The Hall–Kier alpha value is -0.900. The van der Waals surface area contributed by atoms with Crippen molar-refractivity contribution in [2.24, 2.45) is 11.7 Å². The quantitative estimate of drug-likeness (QED) is 0.649. The molecule has 3 heteroatoms. The Morgan fingerprint density at radius 3 is 2.39 bits per heavy atom. The number of hydrogen-bond acceptors (Lipinski definition) is 3. The minimum atomic E-state index is -0.553. The van der Waals surface area contributed by atoms with Gasteiger partial charge < -0.3 is 10.8 Å². The number of nitrogens with one attached hydrogen (secondary N) is 1. The Kier molecular flexibility index (Phi) is 6.33. The first kappa shape index (κ1) is 15.2. The summed E-state index contributed by atoms with van der Waals surface area (Å²) < 4.78 is 0. The molecular weight excluding hydrogens is 224 g/mol. The van der Waals surface area contributed by atoms with Crippen LogP contribution in [0.5, 0.6) is 0 Å².